The summed E-state index contributed by atoms with van der Waals surface area (Å²) in [5.41, 5.74) is 1.22. The zero-order valence-electron chi connectivity index (χ0n) is 9.85. The predicted molar refractivity (Wildman–Crippen MR) is 70.2 cm³/mol. The number of hydrogen-bond donors (Lipinski definition) is 0. The number of aryl methyl sites for hydroxylation is 1. The normalized spacial score (nSPS) is 12.5. The van der Waals surface area contributed by atoms with Crippen LogP contribution in [0.25, 0.3) is 0 Å². The van der Waals surface area contributed by atoms with E-state index in [4.69, 9.17) is 23.2 Å². The summed E-state index contributed by atoms with van der Waals surface area (Å²) < 4.78 is 39.8. The molecule has 0 aliphatic heterocycles. The summed E-state index contributed by atoms with van der Waals surface area (Å²) in [4.78, 5) is 0. The minimum absolute atomic E-state index is 0.120. The Labute approximate surface area is 118 Å². The maximum Gasteiger partial charge on any atom is 0.161 e. The summed E-state index contributed by atoms with van der Waals surface area (Å²) in [5, 5.41) is -0.497. The van der Waals surface area contributed by atoms with Crippen molar-refractivity contribution in [2.45, 2.75) is 12.3 Å². The van der Waals surface area contributed by atoms with Gasteiger partial charge in [0.1, 0.15) is 5.82 Å². The predicted octanol–water partition coefficient (Wildman–Crippen LogP) is 5.39. The van der Waals surface area contributed by atoms with Gasteiger partial charge in [0.05, 0.1) is 5.38 Å². The van der Waals surface area contributed by atoms with Crippen molar-refractivity contribution in [3.8, 4) is 0 Å². The van der Waals surface area contributed by atoms with E-state index in [2.05, 4.69) is 0 Å². The van der Waals surface area contributed by atoms with Crippen molar-refractivity contribution < 1.29 is 13.2 Å². The van der Waals surface area contributed by atoms with Crippen LogP contribution in [0.4, 0.5) is 13.2 Å². The third-order valence-corrected chi connectivity index (χ3v) is 3.53. The average Bonchev–Trinajstić information content (AvgIpc) is 2.36. The van der Waals surface area contributed by atoms with Crippen LogP contribution < -0.4 is 0 Å². The molecule has 0 aromatic heterocycles. The van der Waals surface area contributed by atoms with Gasteiger partial charge in [0.25, 0.3) is 0 Å². The second kappa shape index (κ2) is 5.43. The third-order valence-electron chi connectivity index (χ3n) is 2.83. The Balaban J connectivity index is 2.52. The molecule has 0 spiro atoms. The van der Waals surface area contributed by atoms with Gasteiger partial charge >= 0.3 is 0 Å². The highest BCUT2D eigenvalue weighted by Gasteiger charge is 2.20. The summed E-state index contributed by atoms with van der Waals surface area (Å²) >= 11 is 12.0. The highest BCUT2D eigenvalue weighted by molar-refractivity contribution is 6.31. The lowest BCUT2D eigenvalue weighted by atomic mass is 9.99. The fourth-order valence-corrected chi connectivity index (χ4v) is 2.37. The summed E-state index contributed by atoms with van der Waals surface area (Å²) in [6.07, 6.45) is 0. The molecule has 0 saturated carbocycles. The Morgan fingerprint density at radius 2 is 1.53 bits per heavy atom. The zero-order chi connectivity index (χ0) is 14.2. The van der Waals surface area contributed by atoms with Crippen LogP contribution >= 0.6 is 23.2 Å². The van der Waals surface area contributed by atoms with Crippen molar-refractivity contribution >= 4 is 23.2 Å². The fraction of sp³-hybridized carbons (Fsp3) is 0.143. The maximum absolute atomic E-state index is 13.7. The molecule has 2 rings (SSSR count). The average molecular weight is 305 g/mol. The fourth-order valence-electron chi connectivity index (χ4n) is 1.78. The van der Waals surface area contributed by atoms with Crippen LogP contribution in [-0.4, -0.2) is 0 Å². The van der Waals surface area contributed by atoms with Gasteiger partial charge in [-0.2, -0.15) is 0 Å². The largest absolute Gasteiger partial charge is 0.207 e. The number of alkyl halides is 1. The van der Waals surface area contributed by atoms with Gasteiger partial charge in [-0.25, -0.2) is 13.2 Å². The van der Waals surface area contributed by atoms with E-state index >= 15 is 0 Å². The smallest absolute Gasteiger partial charge is 0.161 e. The number of rotatable bonds is 2. The van der Waals surface area contributed by atoms with Crippen molar-refractivity contribution in [2.75, 3.05) is 0 Å². The lowest BCUT2D eigenvalue weighted by Gasteiger charge is -2.14. The van der Waals surface area contributed by atoms with Crippen LogP contribution in [0.2, 0.25) is 5.02 Å². The molecule has 0 fully saturated rings. The van der Waals surface area contributed by atoms with Gasteiger partial charge in [0.2, 0.25) is 0 Å². The van der Waals surface area contributed by atoms with Crippen molar-refractivity contribution in [3.63, 3.8) is 0 Å². The van der Waals surface area contributed by atoms with Crippen molar-refractivity contribution in [2.24, 2.45) is 0 Å². The van der Waals surface area contributed by atoms with Crippen LogP contribution in [0.5, 0.6) is 0 Å². The molecule has 0 nitrogen and oxygen atoms in total. The molecule has 100 valence electrons. The first-order valence-corrected chi connectivity index (χ1v) is 6.26. The molecule has 5 heteroatoms. The van der Waals surface area contributed by atoms with Gasteiger partial charge < -0.3 is 0 Å². The molecule has 19 heavy (non-hydrogen) atoms. The van der Waals surface area contributed by atoms with E-state index in [0.717, 1.165) is 11.6 Å². The minimum Gasteiger partial charge on any atom is -0.207 e. The Morgan fingerprint density at radius 3 is 2.21 bits per heavy atom. The molecule has 0 aliphatic rings. The van der Waals surface area contributed by atoms with E-state index in [9.17, 15) is 13.2 Å². The zero-order valence-corrected chi connectivity index (χ0v) is 11.4. The highest BCUT2D eigenvalue weighted by atomic mass is 35.5. The van der Waals surface area contributed by atoms with Gasteiger partial charge in [-0.05, 0) is 36.2 Å². The van der Waals surface area contributed by atoms with Crippen LogP contribution in [-0.2, 0) is 0 Å². The number of benzene rings is 2. The lowest BCUT2D eigenvalue weighted by molar-refractivity contribution is 0.490. The van der Waals surface area contributed by atoms with Gasteiger partial charge in [-0.3, -0.25) is 0 Å². The quantitative estimate of drug-likeness (QED) is 0.515. The first kappa shape index (κ1) is 14.2. The molecular weight excluding hydrogens is 296 g/mol. The molecule has 0 bridgehead atoms. The van der Waals surface area contributed by atoms with Gasteiger partial charge in [0.15, 0.2) is 11.6 Å². The highest BCUT2D eigenvalue weighted by Crippen LogP contribution is 2.34. The van der Waals surface area contributed by atoms with Crippen molar-refractivity contribution in [1.29, 1.82) is 0 Å². The summed E-state index contributed by atoms with van der Waals surface area (Å²) in [5.74, 6) is -3.27. The molecule has 0 aliphatic carbocycles. The van der Waals surface area contributed by atoms with Gasteiger partial charge in [-0.1, -0.05) is 17.7 Å². The Kier molecular flexibility index (Phi) is 4.07. The Hall–Kier alpha value is -1.19. The molecule has 2 aromatic rings. The number of hydrogen-bond acceptors (Lipinski definition) is 0. The first-order valence-electron chi connectivity index (χ1n) is 5.44. The summed E-state index contributed by atoms with van der Waals surface area (Å²) in [6, 6.07) is 6.23. The van der Waals surface area contributed by atoms with Crippen molar-refractivity contribution in [3.05, 3.63) is 69.5 Å². The topological polar surface area (TPSA) is 0 Å². The van der Waals surface area contributed by atoms with Gasteiger partial charge in [0, 0.05) is 16.7 Å². The van der Waals surface area contributed by atoms with Crippen LogP contribution in [0.1, 0.15) is 22.1 Å². The van der Waals surface area contributed by atoms with Crippen LogP contribution in [0, 0.1) is 24.4 Å². The molecule has 1 atom stereocenters. The van der Waals surface area contributed by atoms with E-state index in [1.807, 2.05) is 0 Å². The maximum atomic E-state index is 13.7. The number of halogens is 5. The Morgan fingerprint density at radius 1 is 0.895 bits per heavy atom. The molecule has 0 amide bonds. The van der Waals surface area contributed by atoms with E-state index in [0.29, 0.717) is 16.7 Å². The first-order chi connectivity index (χ1) is 8.90. The molecule has 2 aromatic carbocycles. The lowest BCUT2D eigenvalue weighted by Crippen LogP contribution is -2.02. The summed E-state index contributed by atoms with van der Waals surface area (Å²) in [6.45, 7) is 1.78. The second-order valence-corrected chi connectivity index (χ2v) is 5.02. The van der Waals surface area contributed by atoms with E-state index in [1.54, 1.807) is 25.1 Å². The molecule has 0 heterocycles. The third kappa shape index (κ3) is 2.88. The van der Waals surface area contributed by atoms with Gasteiger partial charge in [-0.15, -0.1) is 11.6 Å². The van der Waals surface area contributed by atoms with E-state index < -0.39 is 22.8 Å². The second-order valence-electron chi connectivity index (χ2n) is 4.15. The minimum atomic E-state index is -1.24. The van der Waals surface area contributed by atoms with Crippen LogP contribution in [0.3, 0.4) is 0 Å². The standard InChI is InChI=1S/C14H9Cl2F3/c1-7-2-3-8(15)4-9(7)14(16)10-5-12(18)13(19)6-11(10)17/h2-6,14H,1H3. The van der Waals surface area contributed by atoms with E-state index in [1.165, 1.54) is 0 Å². The van der Waals surface area contributed by atoms with E-state index in [-0.39, 0.29) is 5.56 Å². The summed E-state index contributed by atoms with van der Waals surface area (Å²) in [7, 11) is 0. The van der Waals surface area contributed by atoms with Crippen LogP contribution in [0.15, 0.2) is 30.3 Å². The molecule has 0 saturated heterocycles. The SMILES string of the molecule is Cc1ccc(Cl)cc1C(Cl)c1cc(F)c(F)cc1F. The molecule has 1 unspecified atom stereocenters. The molecule has 0 radical (unpaired) electrons. The monoisotopic (exact) mass is 304 g/mol. The molecule has 0 N–H and O–H groups in total. The Bertz CT molecular complexity index is 626. The molecular formula is C14H9Cl2F3. The van der Waals surface area contributed by atoms with Crippen molar-refractivity contribution in [1.82, 2.24) is 0 Å².